The van der Waals surface area contributed by atoms with Gasteiger partial charge in [-0.15, -0.1) is 0 Å². The van der Waals surface area contributed by atoms with Crippen LogP contribution in [0.15, 0.2) is 65.8 Å². The molecule has 3 heterocycles. The van der Waals surface area contributed by atoms with Crippen molar-refractivity contribution >= 4 is 34.9 Å². The van der Waals surface area contributed by atoms with Crippen LogP contribution in [0, 0.1) is 0 Å². The Labute approximate surface area is 191 Å². The molecule has 4 N–H and O–H groups in total. The lowest BCUT2D eigenvalue weighted by Gasteiger charge is -2.29. The molecule has 5 rings (SSSR count). The van der Waals surface area contributed by atoms with Crippen molar-refractivity contribution in [2.75, 3.05) is 16.5 Å². The third kappa shape index (κ3) is 3.67. The quantitative estimate of drug-likeness (QED) is 0.620. The highest BCUT2D eigenvalue weighted by atomic mass is 16.5. The molecule has 2 aromatic carbocycles. The molecule has 2 atom stereocenters. The van der Waals surface area contributed by atoms with Crippen LogP contribution in [-0.2, 0) is 9.59 Å². The van der Waals surface area contributed by atoms with Crippen LogP contribution in [0.4, 0.5) is 17.5 Å². The van der Waals surface area contributed by atoms with Crippen molar-refractivity contribution in [3.63, 3.8) is 0 Å². The van der Waals surface area contributed by atoms with Gasteiger partial charge in [0.15, 0.2) is 0 Å². The number of benzene rings is 2. The lowest BCUT2D eigenvalue weighted by atomic mass is 9.76. The highest BCUT2D eigenvalue weighted by molar-refractivity contribution is 6.23. The molecule has 0 saturated heterocycles. The summed E-state index contributed by atoms with van der Waals surface area (Å²) in [4.78, 5) is 31.5. The van der Waals surface area contributed by atoms with Crippen LogP contribution < -0.4 is 21.2 Å². The Bertz CT molecular complexity index is 1240. The van der Waals surface area contributed by atoms with Gasteiger partial charge in [-0.05, 0) is 38.5 Å². The lowest BCUT2D eigenvalue weighted by molar-refractivity contribution is -0.127. The number of rotatable bonds is 2. The number of aromatic nitrogens is 2. The van der Waals surface area contributed by atoms with Crippen LogP contribution in [-0.4, -0.2) is 33.0 Å². The Morgan fingerprint density at radius 3 is 2.18 bits per heavy atom. The molecule has 9 nitrogen and oxygen atoms in total. The minimum Gasteiger partial charge on any atom is -0.453 e. The summed E-state index contributed by atoms with van der Waals surface area (Å²) in [6.45, 7) is 4.83. The fourth-order valence-corrected chi connectivity index (χ4v) is 4.07. The van der Waals surface area contributed by atoms with E-state index in [4.69, 9.17) is 16.2 Å². The van der Waals surface area contributed by atoms with Crippen LogP contribution in [0.5, 0.6) is 5.88 Å². The van der Waals surface area contributed by atoms with Gasteiger partial charge >= 0.3 is 0 Å². The van der Waals surface area contributed by atoms with Gasteiger partial charge in [0.05, 0.1) is 22.9 Å². The summed E-state index contributed by atoms with van der Waals surface area (Å²) >= 11 is 0. The molecule has 0 radical (unpaired) electrons. The Balaban J connectivity index is 0.000000601. The minimum atomic E-state index is -1.41. The Hall–Kier alpha value is -4.27. The summed E-state index contributed by atoms with van der Waals surface area (Å²) in [7, 11) is 0. The third-order valence-electron chi connectivity index (χ3n) is 5.34. The van der Waals surface area contributed by atoms with E-state index < -0.39 is 11.5 Å². The number of hydrogen-bond acceptors (Lipinski definition) is 8. The number of carbonyl (C=O) groups excluding carboxylic acids is 2. The molecule has 9 heteroatoms. The maximum atomic E-state index is 13.8. The van der Waals surface area contributed by atoms with Crippen LogP contribution in [0.1, 0.15) is 37.8 Å². The van der Waals surface area contributed by atoms with E-state index in [1.807, 2.05) is 60.7 Å². The minimum absolute atomic E-state index is 0.00920. The number of nitrogens with zero attached hydrogens (tertiary/aromatic N) is 4. The number of para-hydroxylation sites is 1. The average Bonchev–Trinajstić information content (AvgIpc) is 3.25. The summed E-state index contributed by atoms with van der Waals surface area (Å²) in [6, 6.07) is 18.8. The summed E-state index contributed by atoms with van der Waals surface area (Å²) < 4.78 is 6.23. The standard InChI is InChI=1S/C21H18N6O2.C3H6O/c1-12-21(19(28)27(26-12)14-10-6-3-7-11-14)16(13-8-4-2-5-9-13)15-17(22)24-20(23)25-18(15)29-21;1-3(2)4/h2-11,16H,1H3,(H4,22,23,24,25);1-2H3/t16-,21-;/m0./s1. The molecule has 1 amide bonds. The predicted molar refractivity (Wildman–Crippen MR) is 126 cm³/mol. The number of nitrogens with two attached hydrogens (primary N) is 2. The zero-order valence-corrected chi connectivity index (χ0v) is 18.5. The fourth-order valence-electron chi connectivity index (χ4n) is 4.07. The molecule has 33 heavy (non-hydrogen) atoms. The van der Waals surface area contributed by atoms with Gasteiger partial charge in [0.1, 0.15) is 11.6 Å². The monoisotopic (exact) mass is 444 g/mol. The molecular weight excluding hydrogens is 420 g/mol. The molecular formula is C24H24N6O3. The zero-order chi connectivity index (χ0) is 23.8. The predicted octanol–water partition coefficient (Wildman–Crippen LogP) is 2.92. The lowest BCUT2D eigenvalue weighted by Crippen LogP contribution is -2.52. The topological polar surface area (TPSA) is 137 Å². The number of anilines is 3. The second-order valence-corrected chi connectivity index (χ2v) is 7.91. The molecule has 0 saturated carbocycles. The molecule has 3 aromatic rings. The number of Topliss-reactive ketones (excluding diaryl/α,β-unsaturated/α-hetero) is 1. The summed E-state index contributed by atoms with van der Waals surface area (Å²) in [5.74, 6) is -0.306. The number of ketones is 1. The molecule has 0 fully saturated rings. The van der Waals surface area contributed by atoms with Gasteiger partial charge in [0.2, 0.25) is 17.4 Å². The number of hydrogen-bond donors (Lipinski definition) is 2. The number of nitrogen functional groups attached to an aromatic ring is 2. The highest BCUT2D eigenvalue weighted by Crippen LogP contribution is 2.53. The van der Waals surface area contributed by atoms with Gasteiger partial charge in [-0.3, -0.25) is 4.79 Å². The van der Waals surface area contributed by atoms with E-state index in [1.54, 1.807) is 6.92 Å². The van der Waals surface area contributed by atoms with Gasteiger partial charge in [-0.1, -0.05) is 48.5 Å². The molecule has 0 aliphatic carbocycles. The fraction of sp³-hybridized carbons (Fsp3) is 0.208. The van der Waals surface area contributed by atoms with Crippen LogP contribution in [0.25, 0.3) is 0 Å². The van der Waals surface area contributed by atoms with E-state index in [0.29, 0.717) is 17.0 Å². The Morgan fingerprint density at radius 1 is 1.00 bits per heavy atom. The van der Waals surface area contributed by atoms with E-state index in [1.165, 1.54) is 18.9 Å². The van der Waals surface area contributed by atoms with Crippen molar-refractivity contribution < 1.29 is 14.3 Å². The van der Waals surface area contributed by atoms with Gasteiger partial charge in [-0.2, -0.15) is 20.1 Å². The van der Waals surface area contributed by atoms with Gasteiger partial charge < -0.3 is 21.0 Å². The maximum Gasteiger partial charge on any atom is 0.298 e. The normalized spacial score (nSPS) is 20.6. The first kappa shape index (κ1) is 21.9. The second kappa shape index (κ2) is 8.34. The van der Waals surface area contributed by atoms with Crippen LogP contribution in [0.2, 0.25) is 0 Å². The number of amides is 1. The highest BCUT2D eigenvalue weighted by Gasteiger charge is 2.63. The van der Waals surface area contributed by atoms with Gasteiger partial charge in [-0.25, -0.2) is 0 Å². The zero-order valence-electron chi connectivity index (χ0n) is 18.5. The number of ether oxygens (including phenoxy) is 1. The van der Waals surface area contributed by atoms with E-state index in [0.717, 1.165) is 5.56 Å². The van der Waals surface area contributed by atoms with Gasteiger partial charge in [0.25, 0.3) is 5.91 Å². The van der Waals surface area contributed by atoms with Crippen molar-refractivity contribution in [1.29, 1.82) is 0 Å². The van der Waals surface area contributed by atoms with Crippen molar-refractivity contribution in [1.82, 2.24) is 9.97 Å². The molecule has 2 aliphatic heterocycles. The summed E-state index contributed by atoms with van der Waals surface area (Å²) in [5, 5.41) is 5.91. The molecule has 0 unspecified atom stereocenters. The molecule has 0 bridgehead atoms. The third-order valence-corrected chi connectivity index (χ3v) is 5.34. The van der Waals surface area contributed by atoms with E-state index in [2.05, 4.69) is 15.1 Å². The smallest absolute Gasteiger partial charge is 0.298 e. The first-order valence-electron chi connectivity index (χ1n) is 10.3. The first-order chi connectivity index (χ1) is 15.8. The second-order valence-electron chi connectivity index (χ2n) is 7.91. The Kier molecular flexibility index (Phi) is 5.55. The summed E-state index contributed by atoms with van der Waals surface area (Å²) in [5.41, 5.74) is 13.1. The largest absolute Gasteiger partial charge is 0.453 e. The maximum absolute atomic E-state index is 13.8. The molecule has 168 valence electrons. The van der Waals surface area contributed by atoms with E-state index >= 15 is 0 Å². The van der Waals surface area contributed by atoms with E-state index in [-0.39, 0.29) is 29.3 Å². The average molecular weight is 444 g/mol. The molecule has 1 spiro atoms. The van der Waals surface area contributed by atoms with Crippen molar-refractivity contribution in [3.8, 4) is 5.88 Å². The molecule has 1 aromatic heterocycles. The first-order valence-corrected chi connectivity index (χ1v) is 10.3. The number of carbonyl (C=O) groups is 2. The van der Waals surface area contributed by atoms with Crippen molar-refractivity contribution in [2.45, 2.75) is 32.3 Å². The summed E-state index contributed by atoms with van der Waals surface area (Å²) in [6.07, 6.45) is 0. The SMILES string of the molecule is CC(C)=O.CC1=NN(c2ccccc2)C(=O)[C@]12Oc1nc(N)nc(N)c1[C@@H]2c1ccccc1. The van der Waals surface area contributed by atoms with Crippen LogP contribution in [0.3, 0.4) is 0 Å². The molecule has 2 aliphatic rings. The number of hydrazone groups is 1. The van der Waals surface area contributed by atoms with Crippen molar-refractivity contribution in [2.24, 2.45) is 5.10 Å². The Morgan fingerprint density at radius 2 is 1.58 bits per heavy atom. The van der Waals surface area contributed by atoms with Gasteiger partial charge in [0, 0.05) is 0 Å². The van der Waals surface area contributed by atoms with Crippen LogP contribution >= 0.6 is 0 Å². The number of fused-ring (bicyclic) bond motifs is 1. The van der Waals surface area contributed by atoms with E-state index in [9.17, 15) is 9.59 Å². The van der Waals surface area contributed by atoms with Crippen molar-refractivity contribution in [3.05, 3.63) is 71.8 Å².